The number of hydrogen-bond acceptors (Lipinski definition) is 0. The molecule has 0 fully saturated rings. The lowest BCUT2D eigenvalue weighted by atomic mass is 9.78. The monoisotopic (exact) mass is 326 g/mol. The summed E-state index contributed by atoms with van der Waals surface area (Å²) in [6.07, 6.45) is 15.1. The highest BCUT2D eigenvalue weighted by atomic mass is 14.3. The smallest absolute Gasteiger partial charge is 0.00953 e. The molecule has 1 atom stereocenters. The van der Waals surface area contributed by atoms with E-state index in [1.54, 1.807) is 27.9 Å². The van der Waals surface area contributed by atoms with Gasteiger partial charge in [0.25, 0.3) is 0 Å². The maximum atomic E-state index is 2.55. The summed E-state index contributed by atoms with van der Waals surface area (Å²) in [5.74, 6) is 0.552. The Morgan fingerprint density at radius 3 is 2.72 bits per heavy atom. The normalized spacial score (nSPS) is 24.6. The second-order valence-electron chi connectivity index (χ2n) is 8.18. The standard InChI is InChI=1S/C25H26/c1-16-11-20-9-5-6-10-22(20)23(16)15-24-17(2)12-21-13-18-7-3-4-8-19(18)14-25(21)24/h5-6,9-12,14,23H,3-4,7-8,13,15H2,1-2H3. The van der Waals surface area contributed by atoms with Crippen molar-refractivity contribution in [2.24, 2.45) is 0 Å². The van der Waals surface area contributed by atoms with Gasteiger partial charge in [0.2, 0.25) is 0 Å². The minimum Gasteiger partial charge on any atom is -0.0649 e. The maximum Gasteiger partial charge on any atom is 0.00953 e. The van der Waals surface area contributed by atoms with Gasteiger partial charge in [-0.2, -0.15) is 0 Å². The van der Waals surface area contributed by atoms with Gasteiger partial charge in [-0.05, 0) is 91.4 Å². The van der Waals surface area contributed by atoms with E-state index >= 15 is 0 Å². The van der Waals surface area contributed by atoms with Crippen LogP contribution in [-0.4, -0.2) is 0 Å². The second-order valence-corrected chi connectivity index (χ2v) is 8.18. The van der Waals surface area contributed by atoms with Crippen molar-refractivity contribution in [3.05, 3.63) is 86.6 Å². The molecule has 0 nitrogen and oxygen atoms in total. The molecule has 4 aliphatic rings. The van der Waals surface area contributed by atoms with E-state index in [0.29, 0.717) is 5.92 Å². The quantitative estimate of drug-likeness (QED) is 0.547. The zero-order valence-electron chi connectivity index (χ0n) is 15.4. The van der Waals surface area contributed by atoms with Crippen molar-refractivity contribution in [2.45, 2.75) is 58.3 Å². The molecule has 5 rings (SSSR count). The van der Waals surface area contributed by atoms with Crippen LogP contribution >= 0.6 is 0 Å². The topological polar surface area (TPSA) is 0 Å². The highest BCUT2D eigenvalue weighted by molar-refractivity contribution is 5.69. The van der Waals surface area contributed by atoms with Crippen LogP contribution in [0.5, 0.6) is 0 Å². The van der Waals surface area contributed by atoms with E-state index in [2.05, 4.69) is 56.3 Å². The van der Waals surface area contributed by atoms with Gasteiger partial charge in [-0.3, -0.25) is 0 Å². The first-order valence-electron chi connectivity index (χ1n) is 9.81. The van der Waals surface area contributed by atoms with Crippen LogP contribution in [0.4, 0.5) is 0 Å². The van der Waals surface area contributed by atoms with Gasteiger partial charge in [0.15, 0.2) is 0 Å². The lowest BCUT2D eigenvalue weighted by Gasteiger charge is -2.26. The van der Waals surface area contributed by atoms with Crippen LogP contribution in [0.1, 0.15) is 69.4 Å². The predicted molar refractivity (Wildman–Crippen MR) is 106 cm³/mol. The summed E-state index contributed by atoms with van der Waals surface area (Å²) in [7, 11) is 0. The van der Waals surface area contributed by atoms with Gasteiger partial charge in [-0.1, -0.05) is 53.6 Å². The Morgan fingerprint density at radius 2 is 1.80 bits per heavy atom. The minimum atomic E-state index is 0.552. The first-order valence-corrected chi connectivity index (χ1v) is 9.81. The Hall–Kier alpha value is -2.08. The van der Waals surface area contributed by atoms with E-state index in [0.717, 1.165) is 6.42 Å². The van der Waals surface area contributed by atoms with Crippen LogP contribution in [0.3, 0.4) is 0 Å². The van der Waals surface area contributed by atoms with Crippen molar-refractivity contribution in [1.82, 2.24) is 0 Å². The molecule has 1 aromatic rings. The molecule has 25 heavy (non-hydrogen) atoms. The lowest BCUT2D eigenvalue weighted by Crippen LogP contribution is -2.08. The Morgan fingerprint density at radius 1 is 0.960 bits per heavy atom. The van der Waals surface area contributed by atoms with E-state index < -0.39 is 0 Å². The molecule has 0 saturated heterocycles. The fraction of sp³-hybridized carbons (Fsp3) is 0.360. The summed E-state index contributed by atoms with van der Waals surface area (Å²) in [4.78, 5) is 0. The molecule has 0 radical (unpaired) electrons. The number of allylic oxidation sites excluding steroid dienone is 9. The fourth-order valence-electron chi connectivity index (χ4n) is 5.23. The lowest BCUT2D eigenvalue weighted by molar-refractivity contribution is 0.664. The first-order chi connectivity index (χ1) is 12.2. The van der Waals surface area contributed by atoms with Gasteiger partial charge in [-0.15, -0.1) is 0 Å². The molecule has 0 heterocycles. The highest BCUT2D eigenvalue weighted by Gasteiger charge is 2.30. The van der Waals surface area contributed by atoms with Gasteiger partial charge in [0.05, 0.1) is 0 Å². The molecule has 0 spiro atoms. The van der Waals surface area contributed by atoms with Crippen LogP contribution < -0.4 is 0 Å². The van der Waals surface area contributed by atoms with E-state index in [1.165, 1.54) is 54.4 Å². The molecule has 1 unspecified atom stereocenters. The Balaban J connectivity index is 1.49. The summed E-state index contributed by atoms with van der Waals surface area (Å²) in [5.41, 5.74) is 14.1. The van der Waals surface area contributed by atoms with Crippen LogP contribution in [0.2, 0.25) is 0 Å². The van der Waals surface area contributed by atoms with Crippen molar-refractivity contribution in [3.8, 4) is 0 Å². The van der Waals surface area contributed by atoms with E-state index in [1.807, 2.05) is 0 Å². The third-order valence-corrected chi connectivity index (χ3v) is 6.60. The van der Waals surface area contributed by atoms with Crippen LogP contribution in [0.25, 0.3) is 6.08 Å². The SMILES string of the molecule is CC1=Cc2ccccc2C1CC1=C(C)C=C2CC3=C(C=C21)CCCC3. The molecule has 0 saturated carbocycles. The van der Waals surface area contributed by atoms with Gasteiger partial charge in [0, 0.05) is 5.92 Å². The van der Waals surface area contributed by atoms with Gasteiger partial charge in [-0.25, -0.2) is 0 Å². The molecule has 126 valence electrons. The van der Waals surface area contributed by atoms with Crippen LogP contribution in [-0.2, 0) is 0 Å². The highest BCUT2D eigenvalue weighted by Crippen LogP contribution is 2.48. The summed E-state index contributed by atoms with van der Waals surface area (Å²) in [6, 6.07) is 8.93. The van der Waals surface area contributed by atoms with Crippen LogP contribution in [0.15, 0.2) is 75.4 Å². The second kappa shape index (κ2) is 5.73. The first kappa shape index (κ1) is 15.2. The summed E-state index contributed by atoms with van der Waals surface area (Å²) >= 11 is 0. The third kappa shape index (κ3) is 2.42. The zero-order valence-corrected chi connectivity index (χ0v) is 15.4. The van der Waals surface area contributed by atoms with Crippen molar-refractivity contribution in [3.63, 3.8) is 0 Å². The van der Waals surface area contributed by atoms with E-state index in [-0.39, 0.29) is 0 Å². The molecule has 1 aromatic carbocycles. The molecule has 0 heteroatoms. The molecular weight excluding hydrogens is 300 g/mol. The molecular formula is C25H26. The van der Waals surface area contributed by atoms with Crippen molar-refractivity contribution >= 4 is 6.08 Å². The Kier molecular flexibility index (Phi) is 3.48. The molecule has 0 amide bonds. The van der Waals surface area contributed by atoms with Crippen molar-refractivity contribution in [2.75, 3.05) is 0 Å². The molecule has 0 aromatic heterocycles. The van der Waals surface area contributed by atoms with Gasteiger partial charge >= 0.3 is 0 Å². The van der Waals surface area contributed by atoms with Gasteiger partial charge in [0.1, 0.15) is 0 Å². The predicted octanol–water partition coefficient (Wildman–Crippen LogP) is 7.03. The number of benzene rings is 1. The van der Waals surface area contributed by atoms with Crippen molar-refractivity contribution < 1.29 is 0 Å². The van der Waals surface area contributed by atoms with Crippen molar-refractivity contribution in [1.29, 1.82) is 0 Å². The van der Waals surface area contributed by atoms with Gasteiger partial charge < -0.3 is 0 Å². The maximum absolute atomic E-state index is 2.55. The third-order valence-electron chi connectivity index (χ3n) is 6.60. The largest absolute Gasteiger partial charge is 0.0649 e. The molecule has 0 bridgehead atoms. The van der Waals surface area contributed by atoms with E-state index in [9.17, 15) is 0 Å². The molecule has 0 N–H and O–H groups in total. The number of hydrogen-bond donors (Lipinski definition) is 0. The van der Waals surface area contributed by atoms with Crippen LogP contribution in [0, 0.1) is 0 Å². The number of fused-ring (bicyclic) bond motifs is 2. The average Bonchev–Trinajstić information content (AvgIpc) is 3.10. The Labute approximate surface area is 151 Å². The fourth-order valence-corrected chi connectivity index (χ4v) is 5.23. The van der Waals surface area contributed by atoms with E-state index in [4.69, 9.17) is 0 Å². The summed E-state index contributed by atoms with van der Waals surface area (Å²) in [5, 5.41) is 0. The number of rotatable bonds is 2. The molecule has 0 aliphatic heterocycles. The zero-order chi connectivity index (χ0) is 17.0. The average molecular weight is 326 g/mol. The minimum absolute atomic E-state index is 0.552. The summed E-state index contributed by atoms with van der Waals surface area (Å²) in [6.45, 7) is 4.63. The summed E-state index contributed by atoms with van der Waals surface area (Å²) < 4.78 is 0. The Bertz CT molecular complexity index is 911. The molecule has 4 aliphatic carbocycles.